The number of benzene rings is 3. The van der Waals surface area contributed by atoms with Crippen LogP contribution in [0.5, 0.6) is 5.88 Å². The molecule has 0 fully saturated rings. The summed E-state index contributed by atoms with van der Waals surface area (Å²) in [5, 5.41) is 23.0. The minimum absolute atomic E-state index is 0.0669. The van der Waals surface area contributed by atoms with Crippen molar-refractivity contribution in [3.63, 3.8) is 0 Å². The van der Waals surface area contributed by atoms with E-state index in [1.807, 2.05) is 42.5 Å². The average molecular weight is 468 g/mol. The van der Waals surface area contributed by atoms with Crippen LogP contribution < -0.4 is 11.2 Å². The summed E-state index contributed by atoms with van der Waals surface area (Å²) in [7, 11) is 0. The summed E-state index contributed by atoms with van der Waals surface area (Å²) in [4.78, 5) is 46.4. The monoisotopic (exact) mass is 468 g/mol. The van der Waals surface area contributed by atoms with Crippen LogP contribution in [0.1, 0.15) is 11.1 Å². The number of aliphatic imine (C=N–C) groups is 1. The molecule has 174 valence electrons. The highest BCUT2D eigenvalue weighted by Gasteiger charge is 2.20. The molecule has 0 aliphatic rings. The summed E-state index contributed by atoms with van der Waals surface area (Å²) in [5.74, 6) is -1.82. The molecule has 0 unspecified atom stereocenters. The number of aromatic amines is 2. The molecule has 35 heavy (non-hydrogen) atoms. The van der Waals surface area contributed by atoms with Gasteiger partial charge in [-0.15, -0.1) is 0 Å². The molecular formula is C26H20N4O5. The van der Waals surface area contributed by atoms with Crippen molar-refractivity contribution in [2.24, 2.45) is 4.99 Å². The van der Waals surface area contributed by atoms with Gasteiger partial charge in [0.05, 0.1) is 5.69 Å². The molecule has 0 spiro atoms. The molecule has 4 N–H and O–H groups in total. The number of rotatable bonds is 6. The van der Waals surface area contributed by atoms with Gasteiger partial charge in [0, 0.05) is 35.1 Å². The van der Waals surface area contributed by atoms with Crippen LogP contribution in [0.25, 0.3) is 27.4 Å². The molecule has 0 radical (unpaired) electrons. The van der Waals surface area contributed by atoms with E-state index < -0.39 is 29.1 Å². The van der Waals surface area contributed by atoms with Crippen molar-refractivity contribution in [2.75, 3.05) is 0 Å². The first-order valence-electron chi connectivity index (χ1n) is 10.8. The fourth-order valence-electron chi connectivity index (χ4n) is 4.16. The number of hydrogen-bond acceptors (Lipinski definition) is 5. The maximum absolute atomic E-state index is 12.6. The fraction of sp³-hybridized carbons (Fsp3) is 0.0769. The van der Waals surface area contributed by atoms with Crippen LogP contribution in [0.2, 0.25) is 0 Å². The van der Waals surface area contributed by atoms with Crippen LogP contribution in [0.4, 0.5) is 0 Å². The van der Waals surface area contributed by atoms with E-state index in [0.29, 0.717) is 11.1 Å². The number of fused-ring (bicyclic) bond motifs is 2. The third-order valence-electron chi connectivity index (χ3n) is 5.89. The molecule has 5 rings (SSSR count). The SMILES string of the molecule is O=C(O)[C@@H](Cc1c[nH]c2ccccc12)N=Cc1c(O)n(-c2cccc3ccccc23)c(=O)[nH]c1=O. The van der Waals surface area contributed by atoms with E-state index in [0.717, 1.165) is 32.6 Å². The predicted molar refractivity (Wildman–Crippen MR) is 133 cm³/mol. The topological polar surface area (TPSA) is 141 Å². The molecule has 2 heterocycles. The molecule has 0 saturated carbocycles. The zero-order valence-electron chi connectivity index (χ0n) is 18.3. The van der Waals surface area contributed by atoms with Gasteiger partial charge in [-0.2, -0.15) is 0 Å². The standard InChI is InChI=1S/C26H20N4O5/c31-23-19(14-28-21(25(33)34)12-16-13-27-20-10-4-3-8-17(16)20)24(32)30(26(35)29-23)22-11-5-7-15-6-1-2-9-18(15)22/h1-11,13-14,21,27,32H,12H2,(H,33,34)(H,29,31,35)/t21-/m1/s1. The van der Waals surface area contributed by atoms with Crippen LogP contribution in [0, 0.1) is 0 Å². The highest BCUT2D eigenvalue weighted by atomic mass is 16.4. The average Bonchev–Trinajstić information content (AvgIpc) is 3.26. The minimum atomic E-state index is -1.22. The number of aliphatic carboxylic acids is 1. The minimum Gasteiger partial charge on any atom is -0.493 e. The maximum Gasteiger partial charge on any atom is 0.335 e. The van der Waals surface area contributed by atoms with E-state index in [-0.39, 0.29) is 12.0 Å². The summed E-state index contributed by atoms with van der Waals surface area (Å²) >= 11 is 0. The Balaban J connectivity index is 1.56. The van der Waals surface area contributed by atoms with E-state index in [2.05, 4.69) is 15.0 Å². The number of aromatic nitrogens is 3. The summed E-state index contributed by atoms with van der Waals surface area (Å²) in [6, 6.07) is 18.8. The van der Waals surface area contributed by atoms with Crippen molar-refractivity contribution < 1.29 is 15.0 Å². The van der Waals surface area contributed by atoms with Crippen LogP contribution in [-0.4, -0.2) is 43.0 Å². The highest BCUT2D eigenvalue weighted by Crippen LogP contribution is 2.25. The number of carboxylic acid groups (broad SMARTS) is 1. The molecule has 3 aromatic carbocycles. The van der Waals surface area contributed by atoms with E-state index in [9.17, 15) is 24.6 Å². The fourth-order valence-corrected chi connectivity index (χ4v) is 4.16. The molecule has 0 amide bonds. The summed E-state index contributed by atoms with van der Waals surface area (Å²) < 4.78 is 0.973. The van der Waals surface area contributed by atoms with Gasteiger partial charge < -0.3 is 15.2 Å². The van der Waals surface area contributed by atoms with Gasteiger partial charge in [0.25, 0.3) is 5.56 Å². The number of H-pyrrole nitrogens is 2. The van der Waals surface area contributed by atoms with Gasteiger partial charge in [0.15, 0.2) is 6.04 Å². The third kappa shape index (κ3) is 3.99. The van der Waals surface area contributed by atoms with Gasteiger partial charge in [-0.25, -0.2) is 14.2 Å². The first-order chi connectivity index (χ1) is 16.9. The van der Waals surface area contributed by atoms with Crippen LogP contribution in [-0.2, 0) is 11.2 Å². The summed E-state index contributed by atoms with van der Waals surface area (Å²) in [5.41, 5.74) is -0.0257. The molecule has 2 aromatic heterocycles. The van der Waals surface area contributed by atoms with Gasteiger partial charge in [0.2, 0.25) is 5.88 Å². The van der Waals surface area contributed by atoms with Crippen molar-refractivity contribution in [2.45, 2.75) is 12.5 Å². The Morgan fingerprint density at radius 2 is 1.71 bits per heavy atom. The largest absolute Gasteiger partial charge is 0.493 e. The Kier molecular flexibility index (Phi) is 5.50. The van der Waals surface area contributed by atoms with Crippen molar-refractivity contribution in [1.82, 2.24) is 14.5 Å². The lowest BCUT2D eigenvalue weighted by Gasteiger charge is -2.12. The van der Waals surface area contributed by atoms with Gasteiger partial charge in [0.1, 0.15) is 5.56 Å². The van der Waals surface area contributed by atoms with Gasteiger partial charge in [-0.3, -0.25) is 14.8 Å². The van der Waals surface area contributed by atoms with Gasteiger partial charge >= 0.3 is 11.7 Å². The van der Waals surface area contributed by atoms with E-state index in [1.54, 1.807) is 30.5 Å². The van der Waals surface area contributed by atoms with Gasteiger partial charge in [-0.05, 0) is 23.1 Å². The van der Waals surface area contributed by atoms with Gasteiger partial charge in [-0.1, -0.05) is 54.6 Å². The van der Waals surface area contributed by atoms with Crippen LogP contribution in [0.15, 0.2) is 87.5 Å². The number of nitrogens with one attached hydrogen (secondary N) is 2. The third-order valence-corrected chi connectivity index (χ3v) is 5.89. The second-order valence-electron chi connectivity index (χ2n) is 8.03. The molecule has 0 saturated heterocycles. The van der Waals surface area contributed by atoms with E-state index >= 15 is 0 Å². The number of aromatic hydroxyl groups is 1. The maximum atomic E-state index is 12.6. The van der Waals surface area contributed by atoms with Crippen molar-refractivity contribution >= 4 is 33.9 Å². The van der Waals surface area contributed by atoms with E-state index in [1.165, 1.54) is 0 Å². The Hall–Kier alpha value is -4.92. The highest BCUT2D eigenvalue weighted by molar-refractivity contribution is 5.91. The summed E-state index contributed by atoms with van der Waals surface area (Å²) in [6.07, 6.45) is 2.79. The quantitative estimate of drug-likeness (QED) is 0.284. The second-order valence-corrected chi connectivity index (χ2v) is 8.03. The Morgan fingerprint density at radius 1 is 1.00 bits per heavy atom. The normalized spacial score (nSPS) is 12.5. The molecular weight excluding hydrogens is 448 g/mol. The van der Waals surface area contributed by atoms with Crippen molar-refractivity contribution in [3.05, 3.63) is 105 Å². The zero-order valence-corrected chi connectivity index (χ0v) is 18.3. The lowest BCUT2D eigenvalue weighted by atomic mass is 10.1. The smallest absolute Gasteiger partial charge is 0.335 e. The van der Waals surface area contributed by atoms with Crippen LogP contribution >= 0.6 is 0 Å². The Bertz CT molecular complexity index is 1720. The van der Waals surface area contributed by atoms with E-state index in [4.69, 9.17) is 0 Å². The van der Waals surface area contributed by atoms with Crippen molar-refractivity contribution in [3.8, 4) is 11.6 Å². The predicted octanol–water partition coefficient (Wildman–Crippen LogP) is 2.98. The lowest BCUT2D eigenvalue weighted by Crippen LogP contribution is -2.31. The first-order valence-corrected chi connectivity index (χ1v) is 10.8. The molecule has 0 aliphatic carbocycles. The van der Waals surface area contributed by atoms with Crippen LogP contribution in [0.3, 0.4) is 0 Å². The number of carbonyl (C=O) groups is 1. The number of para-hydroxylation sites is 1. The molecule has 5 aromatic rings. The molecule has 9 nitrogen and oxygen atoms in total. The zero-order chi connectivity index (χ0) is 24.5. The number of carboxylic acids is 1. The molecule has 0 aliphatic heterocycles. The lowest BCUT2D eigenvalue weighted by molar-refractivity contribution is -0.138. The molecule has 9 heteroatoms. The number of nitrogens with zero attached hydrogens (tertiary/aromatic N) is 2. The second kappa shape index (κ2) is 8.79. The first kappa shape index (κ1) is 21.9. The molecule has 1 atom stereocenters. The Morgan fingerprint density at radius 3 is 2.51 bits per heavy atom. The molecule has 0 bridgehead atoms. The summed E-state index contributed by atoms with van der Waals surface area (Å²) in [6.45, 7) is 0. The Labute approximate surface area is 197 Å². The van der Waals surface area contributed by atoms with Crippen molar-refractivity contribution in [1.29, 1.82) is 0 Å². The number of hydrogen-bond donors (Lipinski definition) is 4.